The van der Waals surface area contributed by atoms with E-state index in [4.69, 9.17) is 11.6 Å². The molecule has 0 spiro atoms. The molecule has 5 heteroatoms. The Morgan fingerprint density at radius 2 is 1.41 bits per heavy atom. The highest BCUT2D eigenvalue weighted by Crippen LogP contribution is 2.22. The zero-order valence-electron chi connectivity index (χ0n) is 12.4. The Hall–Kier alpha value is -2.33. The maximum atomic E-state index is 12.4. The molecule has 2 rings (SSSR count). The van der Waals surface area contributed by atoms with Crippen LogP contribution in [0.4, 0.5) is 11.4 Å². The summed E-state index contributed by atoms with van der Waals surface area (Å²) in [6.45, 7) is 3.15. The molecule has 0 aliphatic carbocycles. The van der Waals surface area contributed by atoms with E-state index in [0.29, 0.717) is 16.4 Å². The van der Waals surface area contributed by atoms with Gasteiger partial charge in [0.25, 0.3) is 0 Å². The van der Waals surface area contributed by atoms with E-state index < -0.39 is 11.3 Å². The van der Waals surface area contributed by atoms with E-state index in [1.807, 2.05) is 18.2 Å². The Labute approximate surface area is 134 Å². The van der Waals surface area contributed by atoms with Crippen molar-refractivity contribution in [1.82, 2.24) is 0 Å². The van der Waals surface area contributed by atoms with Gasteiger partial charge >= 0.3 is 0 Å². The van der Waals surface area contributed by atoms with E-state index >= 15 is 0 Å². The summed E-state index contributed by atoms with van der Waals surface area (Å²) in [7, 11) is 0. The third kappa shape index (κ3) is 3.86. The molecule has 0 fully saturated rings. The number of nitrogens with one attached hydrogen (secondary N) is 2. The molecule has 0 aliphatic heterocycles. The maximum Gasteiger partial charge on any atom is 0.239 e. The number of amides is 2. The number of anilines is 2. The van der Waals surface area contributed by atoms with E-state index in [2.05, 4.69) is 10.6 Å². The van der Waals surface area contributed by atoms with Crippen molar-refractivity contribution in [3.63, 3.8) is 0 Å². The van der Waals surface area contributed by atoms with Gasteiger partial charge in [-0.3, -0.25) is 9.59 Å². The molecule has 2 aromatic carbocycles. The summed E-state index contributed by atoms with van der Waals surface area (Å²) in [5.74, 6) is -0.776. The second kappa shape index (κ2) is 6.62. The summed E-state index contributed by atoms with van der Waals surface area (Å²) in [6, 6.07) is 15.8. The molecule has 2 amide bonds. The highest BCUT2D eigenvalue weighted by molar-refractivity contribution is 6.31. The number of rotatable bonds is 4. The summed E-state index contributed by atoms with van der Waals surface area (Å²) >= 11 is 5.88. The summed E-state index contributed by atoms with van der Waals surface area (Å²) in [5, 5.41) is 5.96. The topological polar surface area (TPSA) is 58.2 Å². The Bertz CT molecular complexity index is 684. The largest absolute Gasteiger partial charge is 0.325 e. The van der Waals surface area contributed by atoms with Crippen LogP contribution >= 0.6 is 11.6 Å². The van der Waals surface area contributed by atoms with Crippen molar-refractivity contribution in [1.29, 1.82) is 0 Å². The molecule has 0 atom stereocenters. The lowest BCUT2D eigenvalue weighted by Gasteiger charge is -2.22. The van der Waals surface area contributed by atoms with E-state index in [-0.39, 0.29) is 5.91 Å². The Morgan fingerprint density at radius 1 is 0.864 bits per heavy atom. The van der Waals surface area contributed by atoms with Gasteiger partial charge in [0.1, 0.15) is 5.41 Å². The fourth-order valence-corrected chi connectivity index (χ4v) is 1.96. The van der Waals surface area contributed by atoms with Gasteiger partial charge in [0.05, 0.1) is 0 Å². The Morgan fingerprint density at radius 3 is 2.00 bits per heavy atom. The van der Waals surface area contributed by atoms with E-state index in [1.165, 1.54) is 0 Å². The minimum absolute atomic E-state index is 0.377. The minimum atomic E-state index is -1.22. The van der Waals surface area contributed by atoms with Crippen molar-refractivity contribution in [2.45, 2.75) is 13.8 Å². The fourth-order valence-electron chi connectivity index (χ4n) is 1.77. The number of carbonyl (C=O) groups excluding carboxylic acids is 2. The molecule has 22 heavy (non-hydrogen) atoms. The van der Waals surface area contributed by atoms with E-state index in [9.17, 15) is 9.59 Å². The monoisotopic (exact) mass is 316 g/mol. The highest BCUT2D eigenvalue weighted by Gasteiger charge is 2.36. The third-order valence-corrected chi connectivity index (χ3v) is 3.48. The Balaban J connectivity index is 2.08. The van der Waals surface area contributed by atoms with E-state index in [0.717, 1.165) is 0 Å². The van der Waals surface area contributed by atoms with E-state index in [1.54, 1.807) is 50.2 Å². The summed E-state index contributed by atoms with van der Waals surface area (Å²) in [5.41, 5.74) is -0.0211. The van der Waals surface area contributed by atoms with Crippen LogP contribution in [0.2, 0.25) is 5.02 Å². The first kappa shape index (κ1) is 16.0. The highest BCUT2D eigenvalue weighted by atomic mass is 35.5. The van der Waals surface area contributed by atoms with Gasteiger partial charge in [-0.1, -0.05) is 35.9 Å². The number of para-hydroxylation sites is 1. The van der Waals surface area contributed by atoms with Gasteiger partial charge in [-0.15, -0.1) is 0 Å². The number of halogens is 1. The zero-order valence-corrected chi connectivity index (χ0v) is 13.1. The van der Waals surface area contributed by atoms with Gasteiger partial charge in [-0.2, -0.15) is 0 Å². The van der Waals surface area contributed by atoms with Gasteiger partial charge in [0, 0.05) is 16.4 Å². The van der Waals surface area contributed by atoms with Crippen LogP contribution < -0.4 is 10.6 Å². The summed E-state index contributed by atoms with van der Waals surface area (Å²) in [4.78, 5) is 24.7. The van der Waals surface area contributed by atoms with Crippen LogP contribution in [0.3, 0.4) is 0 Å². The first-order valence-electron chi connectivity index (χ1n) is 6.83. The number of hydrogen-bond acceptors (Lipinski definition) is 2. The van der Waals surface area contributed by atoms with Crippen LogP contribution in [0.1, 0.15) is 13.8 Å². The van der Waals surface area contributed by atoms with Gasteiger partial charge < -0.3 is 10.6 Å². The number of benzene rings is 2. The third-order valence-electron chi connectivity index (χ3n) is 3.25. The molecular weight excluding hydrogens is 300 g/mol. The average molecular weight is 317 g/mol. The lowest BCUT2D eigenvalue weighted by molar-refractivity contribution is -0.135. The van der Waals surface area contributed by atoms with Crippen LogP contribution in [-0.4, -0.2) is 11.8 Å². The fraction of sp³-hybridized carbons (Fsp3) is 0.176. The molecule has 0 radical (unpaired) electrons. The maximum absolute atomic E-state index is 12.4. The smallest absolute Gasteiger partial charge is 0.239 e. The van der Waals surface area contributed by atoms with Crippen LogP contribution in [0.25, 0.3) is 0 Å². The predicted octanol–water partition coefficient (Wildman–Crippen LogP) is 3.94. The lowest BCUT2D eigenvalue weighted by atomic mass is 9.90. The Kier molecular flexibility index (Phi) is 4.83. The second-order valence-corrected chi connectivity index (χ2v) is 5.85. The van der Waals surface area contributed by atoms with Crippen molar-refractivity contribution in [3.8, 4) is 0 Å². The average Bonchev–Trinajstić information content (AvgIpc) is 2.48. The second-order valence-electron chi connectivity index (χ2n) is 5.41. The molecule has 0 saturated carbocycles. The van der Waals surface area contributed by atoms with Gasteiger partial charge in [-0.25, -0.2) is 0 Å². The molecule has 0 unspecified atom stereocenters. The van der Waals surface area contributed by atoms with Crippen molar-refractivity contribution in [2.24, 2.45) is 5.41 Å². The van der Waals surface area contributed by atoms with Crippen molar-refractivity contribution in [2.75, 3.05) is 10.6 Å². The SMILES string of the molecule is CC(C)(C(=O)Nc1ccccc1)C(=O)Nc1cccc(Cl)c1. The zero-order chi connectivity index (χ0) is 16.2. The van der Waals surface area contributed by atoms with Crippen LogP contribution in [0.15, 0.2) is 54.6 Å². The quantitative estimate of drug-likeness (QED) is 0.839. The molecule has 0 heterocycles. The first-order valence-corrected chi connectivity index (χ1v) is 7.21. The molecular formula is C17H17ClN2O2. The minimum Gasteiger partial charge on any atom is -0.325 e. The van der Waals surface area contributed by atoms with Crippen molar-refractivity contribution >= 4 is 34.8 Å². The van der Waals surface area contributed by atoms with Crippen LogP contribution in [0, 0.1) is 5.41 Å². The van der Waals surface area contributed by atoms with Crippen LogP contribution in [0.5, 0.6) is 0 Å². The summed E-state index contributed by atoms with van der Waals surface area (Å²) < 4.78 is 0. The molecule has 4 nitrogen and oxygen atoms in total. The number of carbonyl (C=O) groups is 2. The normalized spacial score (nSPS) is 10.9. The molecule has 0 aromatic heterocycles. The summed E-state index contributed by atoms with van der Waals surface area (Å²) in [6.07, 6.45) is 0. The molecule has 0 aliphatic rings. The van der Waals surface area contributed by atoms with Gasteiger partial charge in [0.15, 0.2) is 0 Å². The molecule has 0 bridgehead atoms. The van der Waals surface area contributed by atoms with Crippen LogP contribution in [-0.2, 0) is 9.59 Å². The number of hydrogen-bond donors (Lipinski definition) is 2. The molecule has 2 N–H and O–H groups in total. The lowest BCUT2D eigenvalue weighted by Crippen LogP contribution is -2.41. The standard InChI is InChI=1S/C17H17ClN2O2/c1-17(2,15(21)19-13-8-4-3-5-9-13)16(22)20-14-10-6-7-12(18)11-14/h3-11H,1-2H3,(H,19,21)(H,20,22). The first-order chi connectivity index (χ1) is 10.4. The van der Waals surface area contributed by atoms with Gasteiger partial charge in [-0.05, 0) is 44.2 Å². The molecule has 114 valence electrons. The molecule has 2 aromatic rings. The molecule has 0 saturated heterocycles. The van der Waals surface area contributed by atoms with Crippen molar-refractivity contribution < 1.29 is 9.59 Å². The predicted molar refractivity (Wildman–Crippen MR) is 88.9 cm³/mol. The van der Waals surface area contributed by atoms with Gasteiger partial charge in [0.2, 0.25) is 11.8 Å². The van der Waals surface area contributed by atoms with Crippen molar-refractivity contribution in [3.05, 3.63) is 59.6 Å².